The molecule has 6 nitrogen and oxygen atoms in total. The van der Waals surface area contributed by atoms with E-state index in [1.165, 1.54) is 0 Å². The number of aryl methyl sites for hydroxylation is 1. The van der Waals surface area contributed by atoms with Crippen molar-refractivity contribution in [1.82, 2.24) is 20.0 Å². The van der Waals surface area contributed by atoms with Gasteiger partial charge in [-0.3, -0.25) is 9.59 Å². The molecule has 1 fully saturated rings. The first kappa shape index (κ1) is 20.7. The van der Waals surface area contributed by atoms with Gasteiger partial charge in [-0.2, -0.15) is 5.10 Å². The predicted octanol–water partition coefficient (Wildman–Crippen LogP) is 3.32. The zero-order valence-corrected chi connectivity index (χ0v) is 17.9. The third-order valence-corrected chi connectivity index (χ3v) is 5.86. The van der Waals surface area contributed by atoms with E-state index in [9.17, 15) is 9.59 Å². The SMILES string of the molecule is Cc1nn(-c2ccc(Cl)c(Cl)c2)c(C)c1CC(=O)N1CCNC(=O)C1C(C)C. The summed E-state index contributed by atoms with van der Waals surface area (Å²) in [5.74, 6) is -0.103. The maximum atomic E-state index is 13.0. The number of carbonyl (C=O) groups excluding carboxylic acids is 2. The quantitative estimate of drug-likeness (QED) is 0.821. The van der Waals surface area contributed by atoms with Crippen LogP contribution in [0.4, 0.5) is 0 Å². The van der Waals surface area contributed by atoms with Gasteiger partial charge in [0.15, 0.2) is 0 Å². The average Bonchev–Trinajstić information content (AvgIpc) is 2.91. The van der Waals surface area contributed by atoms with Gasteiger partial charge in [0.1, 0.15) is 6.04 Å². The molecule has 1 unspecified atom stereocenters. The van der Waals surface area contributed by atoms with Crippen LogP contribution in [-0.4, -0.2) is 45.6 Å². The predicted molar refractivity (Wildman–Crippen MR) is 110 cm³/mol. The number of nitrogens with zero attached hydrogens (tertiary/aromatic N) is 3. The molecule has 0 spiro atoms. The largest absolute Gasteiger partial charge is 0.353 e. The fraction of sp³-hybridized carbons (Fsp3) is 0.450. The topological polar surface area (TPSA) is 67.2 Å². The van der Waals surface area contributed by atoms with Gasteiger partial charge in [0, 0.05) is 24.3 Å². The summed E-state index contributed by atoms with van der Waals surface area (Å²) in [7, 11) is 0. The zero-order valence-electron chi connectivity index (χ0n) is 16.4. The van der Waals surface area contributed by atoms with Gasteiger partial charge in [-0.1, -0.05) is 37.0 Å². The number of hydrogen-bond donors (Lipinski definition) is 1. The molecule has 1 aromatic heterocycles. The minimum Gasteiger partial charge on any atom is -0.353 e. The number of piperazine rings is 1. The molecule has 0 aliphatic carbocycles. The van der Waals surface area contributed by atoms with Crippen LogP contribution in [0.5, 0.6) is 0 Å². The first-order valence-electron chi connectivity index (χ1n) is 9.28. The van der Waals surface area contributed by atoms with Gasteiger partial charge < -0.3 is 10.2 Å². The summed E-state index contributed by atoms with van der Waals surface area (Å²) in [6.45, 7) is 8.71. The maximum absolute atomic E-state index is 13.0. The Morgan fingerprint density at radius 3 is 2.64 bits per heavy atom. The second kappa shape index (κ2) is 8.13. The number of benzene rings is 1. The van der Waals surface area contributed by atoms with E-state index >= 15 is 0 Å². The Balaban J connectivity index is 1.88. The molecule has 1 N–H and O–H groups in total. The van der Waals surface area contributed by atoms with E-state index in [1.807, 2.05) is 33.8 Å². The highest BCUT2D eigenvalue weighted by Crippen LogP contribution is 2.27. The summed E-state index contributed by atoms with van der Waals surface area (Å²) in [5, 5.41) is 8.36. The Morgan fingerprint density at radius 2 is 2.00 bits per heavy atom. The molecule has 2 aromatic rings. The number of aromatic nitrogens is 2. The minimum atomic E-state index is -0.438. The van der Waals surface area contributed by atoms with E-state index in [2.05, 4.69) is 10.4 Å². The van der Waals surface area contributed by atoms with Crippen LogP contribution >= 0.6 is 23.2 Å². The number of rotatable bonds is 4. The molecular formula is C20H24Cl2N4O2. The summed E-state index contributed by atoms with van der Waals surface area (Å²) < 4.78 is 1.77. The molecular weight excluding hydrogens is 399 g/mol. The average molecular weight is 423 g/mol. The molecule has 0 saturated carbocycles. The van der Waals surface area contributed by atoms with E-state index in [0.29, 0.717) is 23.1 Å². The lowest BCUT2D eigenvalue weighted by atomic mass is 9.98. The Bertz CT molecular complexity index is 923. The Labute approximate surface area is 174 Å². The fourth-order valence-electron chi connectivity index (χ4n) is 3.68. The molecule has 3 rings (SSSR count). The van der Waals surface area contributed by atoms with Crippen molar-refractivity contribution >= 4 is 35.0 Å². The molecule has 8 heteroatoms. The Kier molecular flexibility index (Phi) is 6.01. The van der Waals surface area contributed by atoms with Crippen molar-refractivity contribution in [2.75, 3.05) is 13.1 Å². The van der Waals surface area contributed by atoms with Gasteiger partial charge in [-0.25, -0.2) is 4.68 Å². The summed E-state index contributed by atoms with van der Waals surface area (Å²) in [6, 6.07) is 4.87. The van der Waals surface area contributed by atoms with E-state index in [1.54, 1.807) is 21.7 Å². The normalized spacial score (nSPS) is 17.2. The van der Waals surface area contributed by atoms with E-state index in [0.717, 1.165) is 22.6 Å². The summed E-state index contributed by atoms with van der Waals surface area (Å²) >= 11 is 12.1. The molecule has 150 valence electrons. The lowest BCUT2D eigenvalue weighted by Crippen LogP contribution is -2.59. The Morgan fingerprint density at radius 1 is 1.29 bits per heavy atom. The fourth-order valence-corrected chi connectivity index (χ4v) is 3.97. The third-order valence-electron chi connectivity index (χ3n) is 5.13. The third kappa shape index (κ3) is 3.89. The van der Waals surface area contributed by atoms with Gasteiger partial charge >= 0.3 is 0 Å². The molecule has 1 atom stereocenters. The van der Waals surface area contributed by atoms with E-state index in [-0.39, 0.29) is 24.2 Å². The van der Waals surface area contributed by atoms with Crippen LogP contribution in [0.2, 0.25) is 10.0 Å². The van der Waals surface area contributed by atoms with Crippen molar-refractivity contribution in [3.8, 4) is 5.69 Å². The first-order valence-corrected chi connectivity index (χ1v) is 10.0. The number of carbonyl (C=O) groups is 2. The molecule has 1 aromatic carbocycles. The van der Waals surface area contributed by atoms with Crippen molar-refractivity contribution in [1.29, 1.82) is 0 Å². The highest BCUT2D eigenvalue weighted by atomic mass is 35.5. The van der Waals surface area contributed by atoms with Crippen LogP contribution in [0.15, 0.2) is 18.2 Å². The molecule has 1 aliphatic rings. The molecule has 1 saturated heterocycles. The smallest absolute Gasteiger partial charge is 0.243 e. The first-order chi connectivity index (χ1) is 13.2. The number of amides is 2. The number of nitrogens with one attached hydrogen (secondary N) is 1. The van der Waals surface area contributed by atoms with Gasteiger partial charge in [-0.15, -0.1) is 0 Å². The second-order valence-corrected chi connectivity index (χ2v) is 8.22. The molecule has 2 amide bonds. The minimum absolute atomic E-state index is 0.0466. The number of halogens is 2. The van der Waals surface area contributed by atoms with E-state index in [4.69, 9.17) is 23.2 Å². The van der Waals surface area contributed by atoms with Gasteiger partial charge in [0.25, 0.3) is 0 Å². The van der Waals surface area contributed by atoms with Crippen molar-refractivity contribution in [2.24, 2.45) is 5.92 Å². The monoisotopic (exact) mass is 422 g/mol. The van der Waals surface area contributed by atoms with Gasteiger partial charge in [0.2, 0.25) is 11.8 Å². The molecule has 1 aliphatic heterocycles. The van der Waals surface area contributed by atoms with Crippen LogP contribution in [0.3, 0.4) is 0 Å². The molecule has 0 bridgehead atoms. The van der Waals surface area contributed by atoms with Gasteiger partial charge in [0.05, 0.1) is 27.8 Å². The highest BCUT2D eigenvalue weighted by molar-refractivity contribution is 6.42. The van der Waals surface area contributed by atoms with Crippen molar-refractivity contribution in [3.63, 3.8) is 0 Å². The van der Waals surface area contributed by atoms with Gasteiger partial charge in [-0.05, 0) is 38.0 Å². The van der Waals surface area contributed by atoms with Crippen LogP contribution in [-0.2, 0) is 16.0 Å². The van der Waals surface area contributed by atoms with Crippen molar-refractivity contribution in [3.05, 3.63) is 45.2 Å². The molecule has 0 radical (unpaired) electrons. The lowest BCUT2D eigenvalue weighted by Gasteiger charge is -2.37. The standard InChI is InChI=1S/C20H24Cl2N4O2/c1-11(2)19-20(28)23-7-8-25(19)18(27)10-15-12(3)24-26(13(15)4)14-5-6-16(21)17(22)9-14/h5-6,9,11,19H,7-8,10H2,1-4H3,(H,23,28). The summed E-state index contributed by atoms with van der Waals surface area (Å²) in [5.41, 5.74) is 3.29. The van der Waals surface area contributed by atoms with Crippen LogP contribution in [0, 0.1) is 19.8 Å². The molecule has 28 heavy (non-hydrogen) atoms. The lowest BCUT2D eigenvalue weighted by molar-refractivity contribution is -0.144. The highest BCUT2D eigenvalue weighted by Gasteiger charge is 2.35. The second-order valence-electron chi connectivity index (χ2n) is 7.40. The van der Waals surface area contributed by atoms with E-state index < -0.39 is 6.04 Å². The van der Waals surface area contributed by atoms with Crippen molar-refractivity contribution in [2.45, 2.75) is 40.2 Å². The zero-order chi connectivity index (χ0) is 20.6. The Hall–Kier alpha value is -2.05. The maximum Gasteiger partial charge on any atom is 0.243 e. The van der Waals surface area contributed by atoms with Crippen molar-refractivity contribution < 1.29 is 9.59 Å². The van der Waals surface area contributed by atoms with Crippen LogP contribution in [0.25, 0.3) is 5.69 Å². The number of hydrogen-bond acceptors (Lipinski definition) is 3. The van der Waals surface area contributed by atoms with Crippen LogP contribution < -0.4 is 5.32 Å². The summed E-state index contributed by atoms with van der Waals surface area (Å²) in [4.78, 5) is 27.0. The van der Waals surface area contributed by atoms with Crippen LogP contribution in [0.1, 0.15) is 30.8 Å². The molecule has 2 heterocycles. The summed E-state index contributed by atoms with van der Waals surface area (Å²) in [6.07, 6.45) is 0.204.